The Balaban J connectivity index is 2.50. The number of ether oxygens (including phenoxy) is 2. The lowest BCUT2D eigenvalue weighted by Gasteiger charge is -2.15. The largest absolute Gasteiger partial charge is 0.398 e. The number of aromatic nitrogens is 1. The average Bonchev–Trinajstić information content (AvgIpc) is 2.28. The second-order valence-corrected chi connectivity index (χ2v) is 3.62. The Morgan fingerprint density at radius 1 is 1.50 bits per heavy atom. The molecule has 0 saturated carbocycles. The second kappa shape index (κ2) is 6.30. The van der Waals surface area contributed by atoms with Crippen molar-refractivity contribution in [2.24, 2.45) is 0 Å². The van der Waals surface area contributed by atoms with Crippen molar-refractivity contribution in [1.82, 2.24) is 4.98 Å². The summed E-state index contributed by atoms with van der Waals surface area (Å²) in [5.74, 6) is 0.751. The Kier molecular flexibility index (Phi) is 5.01. The van der Waals surface area contributed by atoms with Gasteiger partial charge in [0.05, 0.1) is 12.7 Å². The monoisotopic (exact) mass is 225 g/mol. The molecule has 1 rings (SSSR count). The summed E-state index contributed by atoms with van der Waals surface area (Å²) in [6, 6.07) is 1.81. The van der Waals surface area contributed by atoms with Gasteiger partial charge < -0.3 is 20.5 Å². The van der Waals surface area contributed by atoms with Crippen LogP contribution in [0.1, 0.15) is 5.56 Å². The van der Waals surface area contributed by atoms with E-state index in [2.05, 4.69) is 10.3 Å². The van der Waals surface area contributed by atoms with Gasteiger partial charge in [-0.1, -0.05) is 0 Å². The van der Waals surface area contributed by atoms with E-state index in [0.717, 1.165) is 17.1 Å². The molecule has 0 amide bonds. The molecule has 1 aromatic heterocycles. The summed E-state index contributed by atoms with van der Waals surface area (Å²) >= 11 is 0. The molecule has 5 heteroatoms. The Hall–Kier alpha value is -1.33. The molecule has 0 fully saturated rings. The summed E-state index contributed by atoms with van der Waals surface area (Å²) in [7, 11) is 3.30. The van der Waals surface area contributed by atoms with E-state index in [1.165, 1.54) is 0 Å². The third-order valence-electron chi connectivity index (χ3n) is 2.34. The van der Waals surface area contributed by atoms with E-state index in [4.69, 9.17) is 15.2 Å². The Bertz CT molecular complexity index is 331. The third-order valence-corrected chi connectivity index (χ3v) is 2.34. The Morgan fingerprint density at radius 3 is 2.81 bits per heavy atom. The van der Waals surface area contributed by atoms with Gasteiger partial charge in [-0.3, -0.25) is 0 Å². The molecular weight excluding hydrogens is 206 g/mol. The molecule has 1 atom stereocenters. The summed E-state index contributed by atoms with van der Waals surface area (Å²) in [4.78, 5) is 4.22. The van der Waals surface area contributed by atoms with Crippen molar-refractivity contribution in [2.75, 3.05) is 38.4 Å². The molecule has 0 aliphatic heterocycles. The summed E-state index contributed by atoms with van der Waals surface area (Å²) in [6.45, 7) is 3.11. The van der Waals surface area contributed by atoms with Gasteiger partial charge in [-0.25, -0.2) is 4.98 Å². The molecule has 0 aliphatic rings. The number of anilines is 2. The molecule has 0 aliphatic carbocycles. The zero-order valence-corrected chi connectivity index (χ0v) is 9.99. The van der Waals surface area contributed by atoms with Gasteiger partial charge in [0.2, 0.25) is 0 Å². The minimum Gasteiger partial charge on any atom is -0.398 e. The van der Waals surface area contributed by atoms with E-state index in [9.17, 15) is 0 Å². The van der Waals surface area contributed by atoms with Gasteiger partial charge in [0.25, 0.3) is 0 Å². The molecular formula is C11H19N3O2. The quantitative estimate of drug-likeness (QED) is 0.757. The summed E-state index contributed by atoms with van der Waals surface area (Å²) in [6.07, 6.45) is 1.75. The topological polar surface area (TPSA) is 69.4 Å². The zero-order chi connectivity index (χ0) is 12.0. The first kappa shape index (κ1) is 12.7. The van der Waals surface area contributed by atoms with E-state index in [0.29, 0.717) is 13.2 Å². The molecule has 1 heterocycles. The van der Waals surface area contributed by atoms with Crippen LogP contribution in [-0.2, 0) is 9.47 Å². The number of hydrogen-bond acceptors (Lipinski definition) is 5. The lowest BCUT2D eigenvalue weighted by molar-refractivity contribution is 0.0365. The highest BCUT2D eigenvalue weighted by molar-refractivity contribution is 5.53. The maximum absolute atomic E-state index is 5.78. The van der Waals surface area contributed by atoms with Gasteiger partial charge in [-0.15, -0.1) is 0 Å². The molecule has 16 heavy (non-hydrogen) atoms. The maximum Gasteiger partial charge on any atom is 0.128 e. The van der Waals surface area contributed by atoms with E-state index in [1.54, 1.807) is 20.4 Å². The molecule has 0 saturated heterocycles. The van der Waals surface area contributed by atoms with E-state index >= 15 is 0 Å². The van der Waals surface area contributed by atoms with Gasteiger partial charge in [0, 0.05) is 38.7 Å². The minimum absolute atomic E-state index is 0.00864. The van der Waals surface area contributed by atoms with Gasteiger partial charge in [0.1, 0.15) is 5.82 Å². The number of hydrogen-bond donors (Lipinski definition) is 2. The average molecular weight is 225 g/mol. The van der Waals surface area contributed by atoms with Crippen LogP contribution >= 0.6 is 0 Å². The van der Waals surface area contributed by atoms with Crippen molar-refractivity contribution in [3.63, 3.8) is 0 Å². The fraction of sp³-hybridized carbons (Fsp3) is 0.545. The van der Waals surface area contributed by atoms with Gasteiger partial charge in [-0.05, 0) is 12.5 Å². The van der Waals surface area contributed by atoms with Crippen molar-refractivity contribution in [3.05, 3.63) is 17.8 Å². The first-order valence-corrected chi connectivity index (χ1v) is 5.15. The number of pyridine rings is 1. The van der Waals surface area contributed by atoms with Crippen molar-refractivity contribution in [3.8, 4) is 0 Å². The fourth-order valence-electron chi connectivity index (χ4n) is 1.25. The Labute approximate surface area is 96.0 Å². The standard InChI is InChI=1S/C11H19N3O2/c1-8-5-13-11(4-10(8)12)14-6-9(16-3)7-15-2/h4-5,9H,6-7H2,1-3H3,(H3,12,13,14). The van der Waals surface area contributed by atoms with Crippen LogP contribution in [0.25, 0.3) is 0 Å². The van der Waals surface area contributed by atoms with Crippen molar-refractivity contribution >= 4 is 11.5 Å². The minimum atomic E-state index is 0.00864. The highest BCUT2D eigenvalue weighted by Gasteiger charge is 2.06. The normalized spacial score (nSPS) is 12.4. The van der Waals surface area contributed by atoms with Crippen LogP contribution in [-0.4, -0.2) is 38.5 Å². The molecule has 1 unspecified atom stereocenters. The predicted molar refractivity (Wildman–Crippen MR) is 64.5 cm³/mol. The fourth-order valence-corrected chi connectivity index (χ4v) is 1.25. The molecule has 0 radical (unpaired) electrons. The number of methoxy groups -OCH3 is 2. The van der Waals surface area contributed by atoms with Crippen molar-refractivity contribution < 1.29 is 9.47 Å². The van der Waals surface area contributed by atoms with Gasteiger partial charge in [-0.2, -0.15) is 0 Å². The smallest absolute Gasteiger partial charge is 0.128 e. The third kappa shape index (κ3) is 3.67. The molecule has 0 spiro atoms. The number of nitrogen functional groups attached to an aromatic ring is 1. The Morgan fingerprint density at radius 2 is 2.25 bits per heavy atom. The zero-order valence-electron chi connectivity index (χ0n) is 9.99. The summed E-state index contributed by atoms with van der Waals surface area (Å²) in [5.41, 5.74) is 7.49. The van der Waals surface area contributed by atoms with E-state index in [1.807, 2.05) is 13.0 Å². The lowest BCUT2D eigenvalue weighted by atomic mass is 10.2. The van der Waals surface area contributed by atoms with Crippen LogP contribution in [0, 0.1) is 6.92 Å². The summed E-state index contributed by atoms with van der Waals surface area (Å²) < 4.78 is 10.2. The van der Waals surface area contributed by atoms with E-state index in [-0.39, 0.29) is 6.10 Å². The highest BCUT2D eigenvalue weighted by atomic mass is 16.5. The number of nitrogens with one attached hydrogen (secondary N) is 1. The number of rotatable bonds is 6. The van der Waals surface area contributed by atoms with Crippen molar-refractivity contribution in [1.29, 1.82) is 0 Å². The van der Waals surface area contributed by atoms with Crippen LogP contribution in [0.4, 0.5) is 11.5 Å². The molecule has 90 valence electrons. The molecule has 1 aromatic rings. The molecule has 5 nitrogen and oxygen atoms in total. The van der Waals surface area contributed by atoms with Crippen LogP contribution in [0.15, 0.2) is 12.3 Å². The number of nitrogens with zero attached hydrogens (tertiary/aromatic N) is 1. The van der Waals surface area contributed by atoms with Crippen LogP contribution < -0.4 is 11.1 Å². The number of aryl methyl sites for hydroxylation is 1. The van der Waals surface area contributed by atoms with Crippen LogP contribution in [0.2, 0.25) is 0 Å². The molecule has 0 aromatic carbocycles. The molecule has 0 bridgehead atoms. The SMILES string of the molecule is COCC(CNc1cc(N)c(C)cn1)OC. The first-order chi connectivity index (χ1) is 7.67. The summed E-state index contributed by atoms with van der Waals surface area (Å²) in [5, 5.41) is 3.15. The highest BCUT2D eigenvalue weighted by Crippen LogP contribution is 2.13. The van der Waals surface area contributed by atoms with Crippen molar-refractivity contribution in [2.45, 2.75) is 13.0 Å². The van der Waals surface area contributed by atoms with Gasteiger partial charge >= 0.3 is 0 Å². The first-order valence-electron chi connectivity index (χ1n) is 5.15. The second-order valence-electron chi connectivity index (χ2n) is 3.62. The van der Waals surface area contributed by atoms with Crippen LogP contribution in [0.5, 0.6) is 0 Å². The lowest BCUT2D eigenvalue weighted by Crippen LogP contribution is -2.26. The van der Waals surface area contributed by atoms with Gasteiger partial charge in [0.15, 0.2) is 0 Å². The van der Waals surface area contributed by atoms with E-state index < -0.39 is 0 Å². The number of nitrogens with two attached hydrogens (primary N) is 1. The van der Waals surface area contributed by atoms with Crippen LogP contribution in [0.3, 0.4) is 0 Å². The predicted octanol–water partition coefficient (Wildman–Crippen LogP) is 1.05. The molecule has 3 N–H and O–H groups in total. The maximum atomic E-state index is 5.78.